The van der Waals surface area contributed by atoms with E-state index in [-0.39, 0.29) is 5.82 Å². The number of nitrogens with zero attached hydrogens (tertiary/aromatic N) is 3. The van der Waals surface area contributed by atoms with Gasteiger partial charge in [-0.15, -0.1) is 0 Å². The fraction of sp³-hybridized carbons (Fsp3) is 0.238. The largest absolute Gasteiger partial charge is 0.378 e. The molecule has 0 saturated carbocycles. The highest BCUT2D eigenvalue weighted by molar-refractivity contribution is 5.64. The van der Waals surface area contributed by atoms with Crippen LogP contribution < -0.4 is 10.2 Å². The lowest BCUT2D eigenvalue weighted by atomic mass is 10.1. The first-order valence-electron chi connectivity index (χ1n) is 9.03. The molecule has 1 fully saturated rings. The molecule has 0 aliphatic carbocycles. The Balaban J connectivity index is 1.61. The molecule has 0 spiro atoms. The van der Waals surface area contributed by atoms with Crippen molar-refractivity contribution in [3.63, 3.8) is 0 Å². The number of ether oxygens (including phenoxy) is 1. The monoisotopic (exact) mass is 364 g/mol. The number of hydrogen-bond donors (Lipinski definition) is 1. The van der Waals surface area contributed by atoms with Crippen molar-refractivity contribution in [1.29, 1.82) is 0 Å². The van der Waals surface area contributed by atoms with E-state index in [0.717, 1.165) is 35.7 Å². The van der Waals surface area contributed by atoms with E-state index in [1.807, 2.05) is 36.4 Å². The molecule has 0 unspecified atom stereocenters. The van der Waals surface area contributed by atoms with Crippen molar-refractivity contribution in [2.75, 3.05) is 36.5 Å². The molecular weight excluding hydrogens is 343 g/mol. The highest BCUT2D eigenvalue weighted by Crippen LogP contribution is 2.23. The average Bonchev–Trinajstić information content (AvgIpc) is 2.74. The Kier molecular flexibility index (Phi) is 5.25. The molecule has 0 bridgehead atoms. The zero-order valence-electron chi connectivity index (χ0n) is 14.9. The maximum absolute atomic E-state index is 13.1. The van der Waals surface area contributed by atoms with Gasteiger partial charge in [0.15, 0.2) is 0 Å². The summed E-state index contributed by atoms with van der Waals surface area (Å²) in [6.07, 6.45) is 0. The summed E-state index contributed by atoms with van der Waals surface area (Å²) in [6.45, 7) is 3.47. The predicted octanol–water partition coefficient (Wildman–Crippen LogP) is 3.73. The fourth-order valence-corrected chi connectivity index (χ4v) is 2.98. The molecule has 0 amide bonds. The van der Waals surface area contributed by atoms with E-state index in [9.17, 15) is 4.39 Å². The van der Waals surface area contributed by atoms with Gasteiger partial charge in [0.05, 0.1) is 18.9 Å². The van der Waals surface area contributed by atoms with Gasteiger partial charge in [0.1, 0.15) is 11.6 Å². The lowest BCUT2D eigenvalue weighted by Gasteiger charge is -2.27. The van der Waals surface area contributed by atoms with E-state index in [4.69, 9.17) is 9.72 Å². The van der Waals surface area contributed by atoms with Crippen LogP contribution in [-0.4, -0.2) is 36.3 Å². The molecule has 138 valence electrons. The van der Waals surface area contributed by atoms with Crippen molar-refractivity contribution in [2.24, 2.45) is 0 Å². The summed E-state index contributed by atoms with van der Waals surface area (Å²) >= 11 is 0. The van der Waals surface area contributed by atoms with Gasteiger partial charge in [-0.2, -0.15) is 4.98 Å². The number of nitrogens with one attached hydrogen (secondary N) is 1. The molecule has 1 saturated heterocycles. The first kappa shape index (κ1) is 17.4. The molecule has 2 aromatic carbocycles. The maximum Gasteiger partial charge on any atom is 0.228 e. The Hall–Kier alpha value is -2.99. The lowest BCUT2D eigenvalue weighted by molar-refractivity contribution is 0.122. The van der Waals surface area contributed by atoms with Crippen molar-refractivity contribution in [1.82, 2.24) is 9.97 Å². The third-order valence-corrected chi connectivity index (χ3v) is 4.46. The highest BCUT2D eigenvalue weighted by atomic mass is 19.1. The van der Waals surface area contributed by atoms with Gasteiger partial charge in [-0.25, -0.2) is 9.37 Å². The topological polar surface area (TPSA) is 50.3 Å². The third kappa shape index (κ3) is 4.41. The maximum atomic E-state index is 13.1. The SMILES string of the molecule is Fc1ccc(CNc2cc(-c3ccccc3)nc(N3CCOCC3)n2)cc1. The Morgan fingerprint density at radius 3 is 2.44 bits per heavy atom. The van der Waals surface area contributed by atoms with Gasteiger partial charge in [-0.05, 0) is 17.7 Å². The van der Waals surface area contributed by atoms with Crippen LogP contribution in [0.1, 0.15) is 5.56 Å². The Morgan fingerprint density at radius 2 is 1.70 bits per heavy atom. The molecule has 5 nitrogen and oxygen atoms in total. The minimum absolute atomic E-state index is 0.234. The van der Waals surface area contributed by atoms with E-state index in [0.29, 0.717) is 25.7 Å². The first-order chi connectivity index (χ1) is 13.3. The second-order valence-corrected chi connectivity index (χ2v) is 6.38. The normalized spacial score (nSPS) is 14.2. The van der Waals surface area contributed by atoms with Crippen LogP contribution in [-0.2, 0) is 11.3 Å². The van der Waals surface area contributed by atoms with E-state index in [1.165, 1.54) is 12.1 Å². The van der Waals surface area contributed by atoms with Crippen LogP contribution in [0.3, 0.4) is 0 Å². The molecular formula is C21H21FN4O. The van der Waals surface area contributed by atoms with E-state index < -0.39 is 0 Å². The lowest BCUT2D eigenvalue weighted by Crippen LogP contribution is -2.37. The summed E-state index contributed by atoms with van der Waals surface area (Å²) in [5, 5.41) is 3.34. The van der Waals surface area contributed by atoms with Crippen LogP contribution in [0.25, 0.3) is 11.3 Å². The van der Waals surface area contributed by atoms with Crippen molar-refractivity contribution in [3.05, 3.63) is 72.0 Å². The number of anilines is 2. The molecule has 1 aliphatic rings. The van der Waals surface area contributed by atoms with Crippen molar-refractivity contribution >= 4 is 11.8 Å². The van der Waals surface area contributed by atoms with Crippen LogP contribution in [0.2, 0.25) is 0 Å². The Labute approximate surface area is 157 Å². The van der Waals surface area contributed by atoms with E-state index >= 15 is 0 Å². The molecule has 27 heavy (non-hydrogen) atoms. The van der Waals surface area contributed by atoms with Crippen molar-refractivity contribution in [2.45, 2.75) is 6.54 Å². The van der Waals surface area contributed by atoms with E-state index in [1.54, 1.807) is 12.1 Å². The highest BCUT2D eigenvalue weighted by Gasteiger charge is 2.16. The molecule has 4 rings (SSSR count). The third-order valence-electron chi connectivity index (χ3n) is 4.46. The summed E-state index contributed by atoms with van der Waals surface area (Å²) in [7, 11) is 0. The molecule has 0 radical (unpaired) electrons. The molecule has 1 aromatic heterocycles. The molecule has 2 heterocycles. The zero-order chi connectivity index (χ0) is 18.5. The van der Waals surface area contributed by atoms with Crippen LogP contribution in [0.15, 0.2) is 60.7 Å². The van der Waals surface area contributed by atoms with Gasteiger partial charge in [-0.1, -0.05) is 42.5 Å². The minimum atomic E-state index is -0.234. The number of aromatic nitrogens is 2. The van der Waals surface area contributed by atoms with Crippen LogP contribution in [0.5, 0.6) is 0 Å². The van der Waals surface area contributed by atoms with Gasteiger partial charge in [0.25, 0.3) is 0 Å². The quantitative estimate of drug-likeness (QED) is 0.748. The summed E-state index contributed by atoms with van der Waals surface area (Å²) < 4.78 is 18.5. The second kappa shape index (κ2) is 8.14. The molecule has 6 heteroatoms. The number of benzene rings is 2. The number of morpholine rings is 1. The van der Waals surface area contributed by atoms with Crippen molar-refractivity contribution < 1.29 is 9.13 Å². The number of hydrogen-bond acceptors (Lipinski definition) is 5. The molecule has 1 aliphatic heterocycles. The predicted molar refractivity (Wildman–Crippen MR) is 104 cm³/mol. The summed E-state index contributed by atoms with van der Waals surface area (Å²) in [5.74, 6) is 1.21. The zero-order valence-corrected chi connectivity index (χ0v) is 14.9. The fourth-order valence-electron chi connectivity index (χ4n) is 2.98. The first-order valence-corrected chi connectivity index (χ1v) is 9.03. The molecule has 1 N–H and O–H groups in total. The van der Waals surface area contributed by atoms with Crippen molar-refractivity contribution in [3.8, 4) is 11.3 Å². The standard InChI is InChI=1S/C21H21FN4O/c22-18-8-6-16(7-9-18)15-23-20-14-19(17-4-2-1-3-5-17)24-21(25-20)26-10-12-27-13-11-26/h1-9,14H,10-13,15H2,(H,23,24,25). The molecule has 3 aromatic rings. The second-order valence-electron chi connectivity index (χ2n) is 6.38. The smallest absolute Gasteiger partial charge is 0.228 e. The molecule has 0 atom stereocenters. The minimum Gasteiger partial charge on any atom is -0.378 e. The number of halogens is 1. The van der Waals surface area contributed by atoms with Gasteiger partial charge in [-0.3, -0.25) is 0 Å². The van der Waals surface area contributed by atoms with Gasteiger partial charge in [0, 0.05) is 31.3 Å². The van der Waals surface area contributed by atoms with Crippen LogP contribution >= 0.6 is 0 Å². The van der Waals surface area contributed by atoms with Gasteiger partial charge >= 0.3 is 0 Å². The van der Waals surface area contributed by atoms with E-state index in [2.05, 4.69) is 15.2 Å². The summed E-state index contributed by atoms with van der Waals surface area (Å²) in [5.41, 5.74) is 2.90. The average molecular weight is 364 g/mol. The van der Waals surface area contributed by atoms with Crippen LogP contribution in [0.4, 0.5) is 16.2 Å². The van der Waals surface area contributed by atoms with Gasteiger partial charge in [0.2, 0.25) is 5.95 Å². The summed E-state index contributed by atoms with van der Waals surface area (Å²) in [6, 6.07) is 18.5. The van der Waals surface area contributed by atoms with Gasteiger partial charge < -0.3 is 15.0 Å². The Morgan fingerprint density at radius 1 is 0.963 bits per heavy atom. The van der Waals surface area contributed by atoms with Crippen LogP contribution in [0, 0.1) is 5.82 Å². The summed E-state index contributed by atoms with van der Waals surface area (Å²) in [4.78, 5) is 11.6. The Bertz CT molecular complexity index is 880. The number of rotatable bonds is 5.